The van der Waals surface area contributed by atoms with Gasteiger partial charge in [-0.2, -0.15) is 0 Å². The van der Waals surface area contributed by atoms with Gasteiger partial charge in [0.15, 0.2) is 0 Å². The molecular formula is C17H18FNO2. The van der Waals surface area contributed by atoms with E-state index in [9.17, 15) is 9.18 Å². The van der Waals surface area contributed by atoms with Crippen molar-refractivity contribution in [2.45, 2.75) is 20.3 Å². The molecule has 0 spiro atoms. The highest BCUT2D eigenvalue weighted by atomic mass is 19.1. The summed E-state index contributed by atoms with van der Waals surface area (Å²) < 4.78 is 18.5. The molecule has 0 unspecified atom stereocenters. The van der Waals surface area contributed by atoms with Crippen molar-refractivity contribution < 1.29 is 13.9 Å². The largest absolute Gasteiger partial charge is 0.494 e. The summed E-state index contributed by atoms with van der Waals surface area (Å²) in [5.74, 6) is 0.170. The topological polar surface area (TPSA) is 38.3 Å². The van der Waals surface area contributed by atoms with E-state index in [2.05, 4.69) is 5.32 Å². The smallest absolute Gasteiger partial charge is 0.255 e. The van der Waals surface area contributed by atoms with Gasteiger partial charge in [0.1, 0.15) is 11.6 Å². The summed E-state index contributed by atoms with van der Waals surface area (Å²) in [6.07, 6.45) is 0.947. The SMILES string of the molecule is CCCOc1ccc(NC(=O)c2ccc(F)cc2C)cc1. The Morgan fingerprint density at radius 3 is 2.52 bits per heavy atom. The second-order valence-corrected chi connectivity index (χ2v) is 4.79. The summed E-state index contributed by atoms with van der Waals surface area (Å²) in [6, 6.07) is 11.3. The highest BCUT2D eigenvalue weighted by Gasteiger charge is 2.10. The van der Waals surface area contributed by atoms with Crippen molar-refractivity contribution in [1.29, 1.82) is 0 Å². The molecule has 2 aromatic rings. The molecule has 0 saturated carbocycles. The van der Waals surface area contributed by atoms with Gasteiger partial charge in [-0.05, 0) is 61.4 Å². The van der Waals surface area contributed by atoms with E-state index in [1.165, 1.54) is 18.2 Å². The van der Waals surface area contributed by atoms with Crippen molar-refractivity contribution in [2.75, 3.05) is 11.9 Å². The van der Waals surface area contributed by atoms with Gasteiger partial charge in [-0.3, -0.25) is 4.79 Å². The van der Waals surface area contributed by atoms with Crippen LogP contribution >= 0.6 is 0 Å². The summed E-state index contributed by atoms with van der Waals surface area (Å²) in [7, 11) is 0. The van der Waals surface area contributed by atoms with E-state index in [1.807, 2.05) is 19.1 Å². The van der Waals surface area contributed by atoms with Crippen molar-refractivity contribution in [2.24, 2.45) is 0 Å². The third-order valence-electron chi connectivity index (χ3n) is 3.02. The first kappa shape index (κ1) is 15.0. The van der Waals surface area contributed by atoms with Gasteiger partial charge in [0.2, 0.25) is 0 Å². The third kappa shape index (κ3) is 4.05. The van der Waals surface area contributed by atoms with Crippen molar-refractivity contribution in [3.63, 3.8) is 0 Å². The normalized spacial score (nSPS) is 10.2. The molecule has 0 aromatic heterocycles. The van der Waals surface area contributed by atoms with E-state index in [1.54, 1.807) is 19.1 Å². The van der Waals surface area contributed by atoms with Crippen LogP contribution < -0.4 is 10.1 Å². The zero-order chi connectivity index (χ0) is 15.2. The first-order chi connectivity index (χ1) is 10.1. The van der Waals surface area contributed by atoms with Crippen LogP contribution in [0.4, 0.5) is 10.1 Å². The molecule has 0 fully saturated rings. The zero-order valence-electron chi connectivity index (χ0n) is 12.2. The number of amides is 1. The number of aryl methyl sites for hydroxylation is 1. The number of carbonyl (C=O) groups is 1. The maximum atomic E-state index is 13.0. The van der Waals surface area contributed by atoms with Gasteiger partial charge >= 0.3 is 0 Å². The van der Waals surface area contributed by atoms with E-state index in [0.717, 1.165) is 12.2 Å². The van der Waals surface area contributed by atoms with Gasteiger partial charge in [0.25, 0.3) is 5.91 Å². The molecule has 1 N–H and O–H groups in total. The van der Waals surface area contributed by atoms with Crippen molar-refractivity contribution in [1.82, 2.24) is 0 Å². The van der Waals surface area contributed by atoms with Gasteiger partial charge in [0.05, 0.1) is 6.61 Å². The predicted molar refractivity (Wildman–Crippen MR) is 81.3 cm³/mol. The molecular weight excluding hydrogens is 269 g/mol. The lowest BCUT2D eigenvalue weighted by Gasteiger charge is -2.09. The Morgan fingerprint density at radius 2 is 1.90 bits per heavy atom. The number of anilines is 1. The molecule has 0 saturated heterocycles. The average molecular weight is 287 g/mol. The van der Waals surface area contributed by atoms with Crippen molar-refractivity contribution >= 4 is 11.6 Å². The van der Waals surface area contributed by atoms with E-state index in [4.69, 9.17) is 4.74 Å². The fourth-order valence-electron chi connectivity index (χ4n) is 1.93. The molecule has 3 nitrogen and oxygen atoms in total. The van der Waals surface area contributed by atoms with E-state index >= 15 is 0 Å². The Bertz CT molecular complexity index is 623. The van der Waals surface area contributed by atoms with Gasteiger partial charge < -0.3 is 10.1 Å². The third-order valence-corrected chi connectivity index (χ3v) is 3.02. The highest BCUT2D eigenvalue weighted by Crippen LogP contribution is 2.18. The predicted octanol–water partition coefficient (Wildman–Crippen LogP) is 4.18. The Labute approximate surface area is 123 Å². The first-order valence-electron chi connectivity index (χ1n) is 6.90. The number of benzene rings is 2. The van der Waals surface area contributed by atoms with Crippen LogP contribution in [0.15, 0.2) is 42.5 Å². The number of halogens is 1. The lowest BCUT2D eigenvalue weighted by molar-refractivity contribution is 0.102. The molecule has 2 rings (SSSR count). The van der Waals surface area contributed by atoms with Gasteiger partial charge in [-0.15, -0.1) is 0 Å². The maximum absolute atomic E-state index is 13.0. The molecule has 110 valence electrons. The molecule has 0 heterocycles. The molecule has 4 heteroatoms. The first-order valence-corrected chi connectivity index (χ1v) is 6.90. The molecule has 0 bridgehead atoms. The van der Waals surface area contributed by atoms with E-state index in [0.29, 0.717) is 23.4 Å². The summed E-state index contributed by atoms with van der Waals surface area (Å²) >= 11 is 0. The molecule has 0 aliphatic rings. The number of rotatable bonds is 5. The standard InChI is InChI=1S/C17H18FNO2/c1-3-10-21-15-7-5-14(6-8-15)19-17(20)16-9-4-13(18)11-12(16)2/h4-9,11H,3,10H2,1-2H3,(H,19,20). The quantitative estimate of drug-likeness (QED) is 0.896. The zero-order valence-corrected chi connectivity index (χ0v) is 12.2. The van der Waals surface area contributed by atoms with Crippen LogP contribution in [0.25, 0.3) is 0 Å². The van der Waals surface area contributed by atoms with Gasteiger partial charge in [0, 0.05) is 11.3 Å². The van der Waals surface area contributed by atoms with Crippen LogP contribution in [0, 0.1) is 12.7 Å². The summed E-state index contributed by atoms with van der Waals surface area (Å²) in [5, 5.41) is 2.78. The number of nitrogens with one attached hydrogen (secondary N) is 1. The Morgan fingerprint density at radius 1 is 1.19 bits per heavy atom. The van der Waals surface area contributed by atoms with Crippen molar-refractivity contribution in [3.8, 4) is 5.75 Å². The minimum atomic E-state index is -0.346. The maximum Gasteiger partial charge on any atom is 0.255 e. The average Bonchev–Trinajstić information content (AvgIpc) is 2.46. The minimum absolute atomic E-state index is 0.255. The number of carbonyl (C=O) groups excluding carboxylic acids is 1. The Hall–Kier alpha value is -2.36. The van der Waals surface area contributed by atoms with Crippen LogP contribution in [-0.2, 0) is 0 Å². The Balaban J connectivity index is 2.05. The number of hydrogen-bond acceptors (Lipinski definition) is 2. The van der Waals surface area contributed by atoms with Crippen molar-refractivity contribution in [3.05, 3.63) is 59.4 Å². The lowest BCUT2D eigenvalue weighted by atomic mass is 10.1. The van der Waals surface area contributed by atoms with Crippen LogP contribution in [0.3, 0.4) is 0 Å². The molecule has 0 atom stereocenters. The lowest BCUT2D eigenvalue weighted by Crippen LogP contribution is -2.13. The number of hydrogen-bond donors (Lipinski definition) is 1. The van der Waals surface area contributed by atoms with Crippen LogP contribution in [-0.4, -0.2) is 12.5 Å². The Kier molecular flexibility index (Phi) is 4.93. The molecule has 21 heavy (non-hydrogen) atoms. The minimum Gasteiger partial charge on any atom is -0.494 e. The molecule has 0 radical (unpaired) electrons. The van der Waals surface area contributed by atoms with E-state index in [-0.39, 0.29) is 11.7 Å². The fourth-order valence-corrected chi connectivity index (χ4v) is 1.93. The van der Waals surface area contributed by atoms with Gasteiger partial charge in [-0.25, -0.2) is 4.39 Å². The second kappa shape index (κ2) is 6.88. The van der Waals surface area contributed by atoms with Crippen LogP contribution in [0.2, 0.25) is 0 Å². The highest BCUT2D eigenvalue weighted by molar-refractivity contribution is 6.05. The molecule has 1 amide bonds. The van der Waals surface area contributed by atoms with E-state index < -0.39 is 0 Å². The van der Waals surface area contributed by atoms with Crippen LogP contribution in [0.1, 0.15) is 29.3 Å². The summed E-state index contributed by atoms with van der Waals surface area (Å²) in [4.78, 5) is 12.1. The molecule has 0 aliphatic heterocycles. The number of ether oxygens (including phenoxy) is 1. The molecule has 0 aliphatic carbocycles. The van der Waals surface area contributed by atoms with Crippen LogP contribution in [0.5, 0.6) is 5.75 Å². The van der Waals surface area contributed by atoms with Gasteiger partial charge in [-0.1, -0.05) is 6.92 Å². The monoisotopic (exact) mass is 287 g/mol. The second-order valence-electron chi connectivity index (χ2n) is 4.79. The summed E-state index contributed by atoms with van der Waals surface area (Å²) in [6.45, 7) is 4.42. The molecule has 2 aromatic carbocycles. The fraction of sp³-hybridized carbons (Fsp3) is 0.235. The summed E-state index contributed by atoms with van der Waals surface area (Å²) in [5.41, 5.74) is 1.74.